The summed E-state index contributed by atoms with van der Waals surface area (Å²) < 4.78 is 0. The first kappa shape index (κ1) is 33.4. The number of allylic oxidation sites excluding steroid dienone is 4. The first-order valence-corrected chi connectivity index (χ1v) is 19.7. The predicted molar refractivity (Wildman–Crippen MR) is 233 cm³/mol. The molecule has 55 heavy (non-hydrogen) atoms. The van der Waals surface area contributed by atoms with Crippen molar-refractivity contribution in [1.29, 1.82) is 0 Å². The molecule has 0 saturated carbocycles. The third kappa shape index (κ3) is 5.36. The maximum Gasteiger partial charge on any atom is 0.0474 e. The van der Waals surface area contributed by atoms with Gasteiger partial charge in [0.2, 0.25) is 0 Å². The molecular formula is C54H45N. The average molecular weight is 708 g/mol. The molecule has 1 heteroatoms. The molecule has 0 saturated heterocycles. The van der Waals surface area contributed by atoms with Gasteiger partial charge in [-0.25, -0.2) is 0 Å². The van der Waals surface area contributed by atoms with Gasteiger partial charge in [0, 0.05) is 27.9 Å². The Bertz CT molecular complexity index is 2650. The van der Waals surface area contributed by atoms with Crippen LogP contribution in [-0.4, -0.2) is 0 Å². The van der Waals surface area contributed by atoms with Crippen LogP contribution in [0, 0.1) is 0 Å². The lowest BCUT2D eigenvalue weighted by molar-refractivity contribution is 0.656. The van der Waals surface area contributed by atoms with Crippen LogP contribution >= 0.6 is 0 Å². The van der Waals surface area contributed by atoms with E-state index in [2.05, 4.69) is 209 Å². The van der Waals surface area contributed by atoms with Crippen LogP contribution in [0.25, 0.3) is 50.1 Å². The van der Waals surface area contributed by atoms with E-state index >= 15 is 0 Å². The van der Waals surface area contributed by atoms with Gasteiger partial charge in [-0.3, -0.25) is 0 Å². The summed E-state index contributed by atoms with van der Waals surface area (Å²) in [5, 5.41) is 0. The van der Waals surface area contributed by atoms with Gasteiger partial charge in [0.05, 0.1) is 0 Å². The largest absolute Gasteiger partial charge is 0.310 e. The quantitative estimate of drug-likeness (QED) is 0.166. The number of anilines is 3. The summed E-state index contributed by atoms with van der Waals surface area (Å²) >= 11 is 0. The van der Waals surface area contributed by atoms with E-state index < -0.39 is 0 Å². The van der Waals surface area contributed by atoms with Crippen LogP contribution in [-0.2, 0) is 10.8 Å². The number of hydrogen-bond donors (Lipinski definition) is 0. The molecule has 0 N–H and O–H groups in total. The van der Waals surface area contributed by atoms with Gasteiger partial charge in [-0.2, -0.15) is 0 Å². The van der Waals surface area contributed by atoms with Gasteiger partial charge in [-0.15, -0.1) is 0 Å². The Balaban J connectivity index is 1.15. The number of nitrogens with zero attached hydrogens (tertiary/aromatic N) is 1. The van der Waals surface area contributed by atoms with Crippen molar-refractivity contribution in [1.82, 2.24) is 0 Å². The Hall–Kier alpha value is -6.18. The normalized spacial score (nSPS) is 15.6. The zero-order valence-corrected chi connectivity index (χ0v) is 32.1. The Morgan fingerprint density at radius 2 is 0.909 bits per heavy atom. The summed E-state index contributed by atoms with van der Waals surface area (Å²) in [6.45, 7) is 9.58. The van der Waals surface area contributed by atoms with E-state index in [-0.39, 0.29) is 10.8 Å². The highest BCUT2D eigenvalue weighted by atomic mass is 15.1. The van der Waals surface area contributed by atoms with Gasteiger partial charge >= 0.3 is 0 Å². The van der Waals surface area contributed by atoms with E-state index in [9.17, 15) is 0 Å². The minimum atomic E-state index is -0.104. The van der Waals surface area contributed by atoms with Crippen molar-refractivity contribution in [2.24, 2.45) is 0 Å². The molecule has 0 unspecified atom stereocenters. The highest BCUT2D eigenvalue weighted by Gasteiger charge is 2.42. The van der Waals surface area contributed by atoms with E-state index in [0.29, 0.717) is 0 Å². The second kappa shape index (κ2) is 12.7. The smallest absolute Gasteiger partial charge is 0.0474 e. The van der Waals surface area contributed by atoms with Crippen LogP contribution in [0.3, 0.4) is 0 Å². The Morgan fingerprint density at radius 1 is 0.382 bits per heavy atom. The van der Waals surface area contributed by atoms with Gasteiger partial charge in [0.1, 0.15) is 0 Å². The molecule has 1 nitrogen and oxygen atoms in total. The molecule has 0 spiro atoms. The first-order valence-electron chi connectivity index (χ1n) is 19.7. The van der Waals surface area contributed by atoms with Crippen molar-refractivity contribution < 1.29 is 0 Å². The van der Waals surface area contributed by atoms with Crippen LogP contribution in [0.15, 0.2) is 182 Å². The minimum Gasteiger partial charge on any atom is -0.310 e. The third-order valence-electron chi connectivity index (χ3n) is 12.5. The van der Waals surface area contributed by atoms with Gasteiger partial charge < -0.3 is 4.90 Å². The first-order chi connectivity index (χ1) is 26.8. The van der Waals surface area contributed by atoms with Gasteiger partial charge in [-0.1, -0.05) is 167 Å². The number of rotatable bonds is 6. The van der Waals surface area contributed by atoms with Crippen LogP contribution in [0.2, 0.25) is 0 Å². The van der Waals surface area contributed by atoms with Crippen LogP contribution in [0.4, 0.5) is 17.1 Å². The minimum absolute atomic E-state index is 0.0861. The SMILES string of the molecule is CC1(C)C2=CCCC=C2c2cc(N(c3ccc(-c4ccc(-c5ccccc5)cc4)cc3)c3ccc4c(c3)C(C)(C)c3ccccc3-4)cc(-c3ccccc3)c21. The standard InChI is InChI=1S/C54H45N/c1-53(2)49-21-13-11-19-44(49)46-32-31-42(35-51(46)53)55(41-29-27-39(28-30-41)38-25-23-37(24-26-38)36-15-7-5-8-16-36)43-33-47(40-17-9-6-10-18-40)52-48(34-43)45-20-12-14-22-50(45)54(52,3)4/h5-11,13,15-35H,12,14H2,1-4H3. The zero-order chi connectivity index (χ0) is 37.3. The lowest BCUT2D eigenvalue weighted by Crippen LogP contribution is -2.18. The molecule has 0 atom stereocenters. The van der Waals surface area contributed by atoms with Crippen molar-refractivity contribution >= 4 is 22.6 Å². The van der Waals surface area contributed by atoms with E-state index in [1.54, 1.807) is 0 Å². The molecule has 266 valence electrons. The summed E-state index contributed by atoms with van der Waals surface area (Å²) in [5.74, 6) is 0. The fraction of sp³-hybridized carbons (Fsp3) is 0.148. The third-order valence-corrected chi connectivity index (χ3v) is 12.5. The van der Waals surface area contributed by atoms with Crippen molar-refractivity contribution in [2.45, 2.75) is 51.4 Å². The highest BCUT2D eigenvalue weighted by Crippen LogP contribution is 2.57. The number of hydrogen-bond acceptors (Lipinski definition) is 1. The van der Waals surface area contributed by atoms with Gasteiger partial charge in [0.25, 0.3) is 0 Å². The van der Waals surface area contributed by atoms with Crippen LogP contribution in [0.1, 0.15) is 62.8 Å². The molecule has 0 fully saturated rings. The lowest BCUT2D eigenvalue weighted by Gasteiger charge is -2.30. The Morgan fingerprint density at radius 3 is 1.60 bits per heavy atom. The van der Waals surface area contributed by atoms with Crippen molar-refractivity contribution in [3.8, 4) is 44.5 Å². The van der Waals surface area contributed by atoms with Crippen LogP contribution < -0.4 is 4.90 Å². The molecule has 0 amide bonds. The fourth-order valence-corrected chi connectivity index (χ4v) is 9.71. The van der Waals surface area contributed by atoms with Crippen molar-refractivity contribution in [2.75, 3.05) is 4.90 Å². The average Bonchev–Trinajstić information content (AvgIpc) is 3.61. The monoisotopic (exact) mass is 707 g/mol. The molecule has 7 aromatic rings. The van der Waals surface area contributed by atoms with Crippen molar-refractivity contribution in [3.05, 3.63) is 204 Å². The van der Waals surface area contributed by atoms with E-state index in [0.717, 1.165) is 18.5 Å². The molecule has 0 heterocycles. The summed E-state index contributed by atoms with van der Waals surface area (Å²) in [4.78, 5) is 2.49. The predicted octanol–water partition coefficient (Wildman–Crippen LogP) is 14.9. The molecular weight excluding hydrogens is 663 g/mol. The van der Waals surface area contributed by atoms with E-state index in [1.165, 1.54) is 89.3 Å². The topological polar surface area (TPSA) is 3.24 Å². The molecule has 10 rings (SSSR count). The Kier molecular flexibility index (Phi) is 7.72. The second-order valence-electron chi connectivity index (χ2n) is 16.4. The number of fused-ring (bicyclic) bond motifs is 6. The summed E-state index contributed by atoms with van der Waals surface area (Å²) in [7, 11) is 0. The van der Waals surface area contributed by atoms with Gasteiger partial charge in [-0.05, 0) is 127 Å². The second-order valence-corrected chi connectivity index (χ2v) is 16.4. The summed E-state index contributed by atoms with van der Waals surface area (Å²) in [6.07, 6.45) is 7.16. The molecule has 0 radical (unpaired) electrons. The Labute approximate surface area is 326 Å². The zero-order valence-electron chi connectivity index (χ0n) is 32.1. The fourth-order valence-electron chi connectivity index (χ4n) is 9.71. The summed E-state index contributed by atoms with van der Waals surface area (Å²) in [6, 6.07) is 60.7. The van der Waals surface area contributed by atoms with E-state index in [4.69, 9.17) is 0 Å². The molecule has 0 aliphatic heterocycles. The van der Waals surface area contributed by atoms with Crippen molar-refractivity contribution in [3.63, 3.8) is 0 Å². The number of benzene rings is 7. The maximum absolute atomic E-state index is 2.49. The highest BCUT2D eigenvalue weighted by molar-refractivity contribution is 5.97. The van der Waals surface area contributed by atoms with Crippen LogP contribution in [0.5, 0.6) is 0 Å². The van der Waals surface area contributed by atoms with Gasteiger partial charge in [0.15, 0.2) is 0 Å². The summed E-state index contributed by atoms with van der Waals surface area (Å²) in [5.41, 5.74) is 21.9. The lowest BCUT2D eigenvalue weighted by atomic mass is 9.77. The molecule has 3 aliphatic carbocycles. The molecule has 0 bridgehead atoms. The molecule has 7 aromatic carbocycles. The molecule has 0 aromatic heterocycles. The van der Waals surface area contributed by atoms with E-state index in [1.807, 2.05) is 0 Å². The maximum atomic E-state index is 2.49. The molecule has 3 aliphatic rings.